The third-order valence-corrected chi connectivity index (χ3v) is 5.87. The van der Waals surface area contributed by atoms with Gasteiger partial charge in [-0.1, -0.05) is 0 Å². The standard InChI is InChI=1S/C16H22BrN5O/c17-13-8-22(16-14(13)15(18)19-9-20-16)11-5-10(6-11)7-21-3-1-12(23)2-4-21/h8-12,23H,1-7H2,(H2,18,19,20). The van der Waals surface area contributed by atoms with Gasteiger partial charge in [-0.3, -0.25) is 0 Å². The lowest BCUT2D eigenvalue weighted by Crippen LogP contribution is -2.42. The first-order chi connectivity index (χ1) is 11.1. The maximum atomic E-state index is 9.59. The molecular formula is C16H22BrN5O. The Kier molecular flexibility index (Phi) is 4.03. The number of hydrogen-bond donors (Lipinski definition) is 2. The zero-order chi connectivity index (χ0) is 16.0. The molecule has 0 amide bonds. The molecule has 124 valence electrons. The number of hydrogen-bond acceptors (Lipinski definition) is 5. The predicted molar refractivity (Wildman–Crippen MR) is 93.1 cm³/mol. The Bertz CT molecular complexity index is 704. The molecule has 0 unspecified atom stereocenters. The number of likely N-dealkylation sites (tertiary alicyclic amines) is 1. The van der Waals surface area contributed by atoms with Crippen LogP contribution in [0.5, 0.6) is 0 Å². The Labute approximate surface area is 143 Å². The fourth-order valence-corrected chi connectivity index (χ4v) is 4.49. The molecule has 2 aliphatic rings. The average Bonchev–Trinajstić information content (AvgIpc) is 2.82. The van der Waals surface area contributed by atoms with Gasteiger partial charge < -0.3 is 20.3 Å². The van der Waals surface area contributed by atoms with E-state index in [0.29, 0.717) is 11.9 Å². The highest BCUT2D eigenvalue weighted by Crippen LogP contribution is 2.42. The number of nitrogens with zero attached hydrogens (tertiary/aromatic N) is 4. The number of piperidine rings is 1. The van der Waals surface area contributed by atoms with Crippen LogP contribution in [-0.4, -0.2) is 50.3 Å². The van der Waals surface area contributed by atoms with Crippen LogP contribution in [0, 0.1) is 5.92 Å². The van der Waals surface area contributed by atoms with Gasteiger partial charge in [0.15, 0.2) is 0 Å². The Morgan fingerprint density at radius 3 is 2.74 bits per heavy atom. The van der Waals surface area contributed by atoms with Gasteiger partial charge in [0.25, 0.3) is 0 Å². The van der Waals surface area contributed by atoms with Crippen molar-refractivity contribution in [3.63, 3.8) is 0 Å². The smallest absolute Gasteiger partial charge is 0.146 e. The minimum Gasteiger partial charge on any atom is -0.393 e. The van der Waals surface area contributed by atoms with E-state index in [4.69, 9.17) is 5.73 Å². The van der Waals surface area contributed by atoms with E-state index in [1.165, 1.54) is 19.2 Å². The molecule has 2 fully saturated rings. The van der Waals surface area contributed by atoms with Crippen molar-refractivity contribution >= 4 is 32.8 Å². The molecule has 4 rings (SSSR count). The minimum absolute atomic E-state index is 0.0888. The second-order valence-electron chi connectivity index (χ2n) is 6.86. The predicted octanol–water partition coefficient (Wildman–Crippen LogP) is 2.18. The summed E-state index contributed by atoms with van der Waals surface area (Å²) in [6, 6.07) is 0.499. The molecule has 3 N–H and O–H groups in total. The van der Waals surface area contributed by atoms with Crippen LogP contribution in [0.1, 0.15) is 31.7 Å². The lowest BCUT2D eigenvalue weighted by atomic mass is 9.79. The Balaban J connectivity index is 1.41. The zero-order valence-electron chi connectivity index (χ0n) is 13.0. The first-order valence-corrected chi connectivity index (χ1v) is 9.08. The molecule has 7 heteroatoms. The summed E-state index contributed by atoms with van der Waals surface area (Å²) in [6.07, 6.45) is 7.74. The van der Waals surface area contributed by atoms with Crippen LogP contribution in [0.25, 0.3) is 11.0 Å². The molecule has 1 aliphatic heterocycles. The van der Waals surface area contributed by atoms with Crippen molar-refractivity contribution in [2.75, 3.05) is 25.4 Å². The maximum absolute atomic E-state index is 9.59. The van der Waals surface area contributed by atoms with Gasteiger partial charge in [0.1, 0.15) is 17.8 Å². The number of rotatable bonds is 3. The van der Waals surface area contributed by atoms with E-state index in [9.17, 15) is 5.11 Å². The number of aromatic nitrogens is 3. The largest absolute Gasteiger partial charge is 0.393 e. The van der Waals surface area contributed by atoms with Gasteiger partial charge in [-0.2, -0.15) is 0 Å². The summed E-state index contributed by atoms with van der Waals surface area (Å²) in [6.45, 7) is 3.22. The SMILES string of the molecule is Nc1ncnc2c1c(Br)cn2C1CC(CN2CCC(O)CC2)C1. The van der Waals surface area contributed by atoms with Crippen LogP contribution in [0.2, 0.25) is 0 Å². The average molecular weight is 380 g/mol. The van der Waals surface area contributed by atoms with E-state index < -0.39 is 0 Å². The van der Waals surface area contributed by atoms with Crippen LogP contribution in [0.15, 0.2) is 17.0 Å². The van der Waals surface area contributed by atoms with Crippen molar-refractivity contribution in [1.82, 2.24) is 19.4 Å². The molecule has 0 radical (unpaired) electrons. The van der Waals surface area contributed by atoms with Crippen molar-refractivity contribution in [3.05, 3.63) is 17.0 Å². The first-order valence-electron chi connectivity index (χ1n) is 8.28. The van der Waals surface area contributed by atoms with Crippen molar-refractivity contribution in [2.24, 2.45) is 5.92 Å². The molecule has 1 aliphatic carbocycles. The van der Waals surface area contributed by atoms with E-state index in [1.54, 1.807) is 0 Å². The minimum atomic E-state index is -0.0888. The van der Waals surface area contributed by atoms with E-state index in [1.807, 2.05) is 0 Å². The fraction of sp³-hybridized carbons (Fsp3) is 0.625. The third kappa shape index (κ3) is 2.86. The van der Waals surface area contributed by atoms with Crippen LogP contribution in [-0.2, 0) is 0 Å². The molecule has 2 aromatic rings. The number of aliphatic hydroxyl groups is 1. The maximum Gasteiger partial charge on any atom is 0.146 e. The summed E-state index contributed by atoms with van der Waals surface area (Å²) in [5.41, 5.74) is 6.90. The van der Waals surface area contributed by atoms with Gasteiger partial charge in [0, 0.05) is 36.3 Å². The number of anilines is 1. The van der Waals surface area contributed by atoms with E-state index in [2.05, 4.69) is 41.6 Å². The Hall–Kier alpha value is -1.18. The molecule has 1 saturated carbocycles. The molecular weight excluding hydrogens is 358 g/mol. The summed E-state index contributed by atoms with van der Waals surface area (Å²) < 4.78 is 3.22. The first kappa shape index (κ1) is 15.4. The van der Waals surface area contributed by atoms with Crippen molar-refractivity contribution in [2.45, 2.75) is 37.8 Å². The highest BCUT2D eigenvalue weighted by atomic mass is 79.9. The third-order valence-electron chi connectivity index (χ3n) is 5.27. The second-order valence-corrected chi connectivity index (χ2v) is 7.72. The molecule has 0 aromatic carbocycles. The van der Waals surface area contributed by atoms with E-state index >= 15 is 0 Å². The van der Waals surface area contributed by atoms with Gasteiger partial charge in [-0.25, -0.2) is 9.97 Å². The monoisotopic (exact) mass is 379 g/mol. The summed E-state index contributed by atoms with van der Waals surface area (Å²) >= 11 is 3.58. The molecule has 6 nitrogen and oxygen atoms in total. The molecule has 2 aromatic heterocycles. The van der Waals surface area contributed by atoms with E-state index in [0.717, 1.165) is 53.9 Å². The molecule has 3 heterocycles. The van der Waals surface area contributed by atoms with Gasteiger partial charge in [0.2, 0.25) is 0 Å². The number of fused-ring (bicyclic) bond motifs is 1. The van der Waals surface area contributed by atoms with Crippen LogP contribution in [0.3, 0.4) is 0 Å². The summed E-state index contributed by atoms with van der Waals surface area (Å²) in [4.78, 5) is 11.0. The van der Waals surface area contributed by atoms with Crippen LogP contribution >= 0.6 is 15.9 Å². The van der Waals surface area contributed by atoms with Crippen molar-refractivity contribution < 1.29 is 5.11 Å². The molecule has 0 atom stereocenters. The van der Waals surface area contributed by atoms with Gasteiger partial charge in [-0.15, -0.1) is 0 Å². The molecule has 0 spiro atoms. The molecule has 1 saturated heterocycles. The van der Waals surface area contributed by atoms with Gasteiger partial charge >= 0.3 is 0 Å². The normalized spacial score (nSPS) is 26.5. The van der Waals surface area contributed by atoms with E-state index in [-0.39, 0.29) is 6.10 Å². The summed E-state index contributed by atoms with van der Waals surface area (Å²) in [5.74, 6) is 1.27. The van der Waals surface area contributed by atoms with Crippen molar-refractivity contribution in [3.8, 4) is 0 Å². The highest BCUT2D eigenvalue weighted by Gasteiger charge is 2.33. The zero-order valence-corrected chi connectivity index (χ0v) is 14.6. The highest BCUT2D eigenvalue weighted by molar-refractivity contribution is 9.10. The molecule has 0 bridgehead atoms. The number of nitrogens with two attached hydrogens (primary N) is 1. The quantitative estimate of drug-likeness (QED) is 0.853. The van der Waals surface area contributed by atoms with Crippen LogP contribution in [0.4, 0.5) is 5.82 Å². The lowest BCUT2D eigenvalue weighted by molar-refractivity contribution is 0.0568. The topological polar surface area (TPSA) is 80.2 Å². The second kappa shape index (κ2) is 6.03. The Morgan fingerprint density at radius 1 is 1.26 bits per heavy atom. The number of nitrogen functional groups attached to an aromatic ring is 1. The van der Waals surface area contributed by atoms with Gasteiger partial charge in [-0.05, 0) is 47.5 Å². The van der Waals surface area contributed by atoms with Crippen molar-refractivity contribution in [1.29, 1.82) is 0 Å². The van der Waals surface area contributed by atoms with Gasteiger partial charge in [0.05, 0.1) is 11.5 Å². The molecule has 23 heavy (non-hydrogen) atoms. The lowest BCUT2D eigenvalue weighted by Gasteiger charge is -2.41. The summed E-state index contributed by atoms with van der Waals surface area (Å²) in [7, 11) is 0. The number of aliphatic hydroxyl groups excluding tert-OH is 1. The number of halogens is 1. The summed E-state index contributed by atoms with van der Waals surface area (Å²) in [5, 5.41) is 10.5. The fourth-order valence-electron chi connectivity index (χ4n) is 3.88. The Morgan fingerprint density at radius 2 is 2.00 bits per heavy atom. The van der Waals surface area contributed by atoms with Crippen LogP contribution < -0.4 is 5.73 Å².